The summed E-state index contributed by atoms with van der Waals surface area (Å²) in [4.78, 5) is 40.8. The van der Waals surface area contributed by atoms with Crippen LogP contribution in [0.25, 0.3) is 6.08 Å². The van der Waals surface area contributed by atoms with Gasteiger partial charge in [-0.3, -0.25) is 24.3 Å². The van der Waals surface area contributed by atoms with Gasteiger partial charge in [0.05, 0.1) is 11.5 Å². The van der Waals surface area contributed by atoms with Crippen LogP contribution in [0.2, 0.25) is 0 Å². The third-order valence-corrected chi connectivity index (χ3v) is 3.81. The molecule has 22 heavy (non-hydrogen) atoms. The zero-order chi connectivity index (χ0) is 15.9. The molecule has 2 amide bonds. The SMILES string of the molecule is CCCCOC(=O)CN1C(=O)S/C(=C/c2cccnc2)C1=O. The van der Waals surface area contributed by atoms with Crippen molar-refractivity contribution < 1.29 is 19.1 Å². The van der Waals surface area contributed by atoms with Gasteiger partial charge in [-0.1, -0.05) is 19.4 Å². The third-order valence-electron chi connectivity index (χ3n) is 2.90. The number of imide groups is 1. The number of rotatable bonds is 6. The number of ether oxygens (including phenoxy) is 1. The van der Waals surface area contributed by atoms with Gasteiger partial charge in [-0.25, -0.2) is 0 Å². The highest BCUT2D eigenvalue weighted by molar-refractivity contribution is 8.18. The lowest BCUT2D eigenvalue weighted by Gasteiger charge is -2.11. The Morgan fingerprint density at radius 2 is 2.27 bits per heavy atom. The number of amides is 2. The molecular weight excluding hydrogens is 304 g/mol. The van der Waals surface area contributed by atoms with E-state index in [1.807, 2.05) is 6.92 Å². The largest absolute Gasteiger partial charge is 0.464 e. The molecule has 2 heterocycles. The van der Waals surface area contributed by atoms with Crippen LogP contribution in [-0.2, 0) is 14.3 Å². The number of carbonyl (C=O) groups is 3. The fourth-order valence-corrected chi connectivity index (χ4v) is 2.59. The highest BCUT2D eigenvalue weighted by atomic mass is 32.2. The summed E-state index contributed by atoms with van der Waals surface area (Å²) in [5, 5.41) is -0.465. The van der Waals surface area contributed by atoms with Gasteiger partial charge in [0, 0.05) is 12.4 Å². The first-order valence-corrected chi connectivity index (χ1v) is 7.74. The second-order valence-electron chi connectivity index (χ2n) is 4.63. The van der Waals surface area contributed by atoms with Crippen molar-refractivity contribution >= 4 is 35.0 Å². The van der Waals surface area contributed by atoms with Crippen LogP contribution in [0.3, 0.4) is 0 Å². The quantitative estimate of drug-likeness (QED) is 0.455. The van der Waals surface area contributed by atoms with Crippen molar-refractivity contribution in [3.05, 3.63) is 35.0 Å². The number of hydrogen-bond donors (Lipinski definition) is 0. The third kappa shape index (κ3) is 4.17. The van der Waals surface area contributed by atoms with E-state index in [1.165, 1.54) is 0 Å². The maximum Gasteiger partial charge on any atom is 0.326 e. The van der Waals surface area contributed by atoms with Crippen molar-refractivity contribution in [2.24, 2.45) is 0 Å². The standard InChI is InChI=1S/C15H16N2O4S/c1-2-3-7-21-13(18)10-17-14(19)12(22-15(17)20)8-11-5-4-6-16-9-11/h4-6,8-9H,2-3,7,10H2,1H3/b12-8+. The van der Waals surface area contributed by atoms with Crippen LogP contribution in [0.4, 0.5) is 4.79 Å². The zero-order valence-corrected chi connectivity index (χ0v) is 13.0. The Bertz CT molecular complexity index is 601. The molecule has 0 N–H and O–H groups in total. The van der Waals surface area contributed by atoms with Crippen molar-refractivity contribution in [3.8, 4) is 0 Å². The molecule has 0 atom stereocenters. The van der Waals surface area contributed by atoms with E-state index in [9.17, 15) is 14.4 Å². The molecule has 1 aromatic rings. The Labute approximate surface area is 132 Å². The fourth-order valence-electron chi connectivity index (χ4n) is 1.75. The van der Waals surface area contributed by atoms with Crippen molar-refractivity contribution in [2.75, 3.05) is 13.2 Å². The van der Waals surface area contributed by atoms with Crippen LogP contribution in [0.5, 0.6) is 0 Å². The minimum Gasteiger partial charge on any atom is -0.464 e. The summed E-state index contributed by atoms with van der Waals surface area (Å²) < 4.78 is 4.97. The molecule has 1 saturated heterocycles. The minimum atomic E-state index is -0.571. The Kier molecular flexibility index (Phi) is 5.71. The summed E-state index contributed by atoms with van der Waals surface area (Å²) >= 11 is 0.810. The van der Waals surface area contributed by atoms with Crippen LogP contribution in [0.15, 0.2) is 29.4 Å². The minimum absolute atomic E-state index is 0.277. The molecule has 0 aromatic carbocycles. The molecule has 7 heteroatoms. The Balaban J connectivity index is 2.00. The molecule has 0 aliphatic carbocycles. The van der Waals surface area contributed by atoms with E-state index < -0.39 is 17.1 Å². The highest BCUT2D eigenvalue weighted by Gasteiger charge is 2.36. The topological polar surface area (TPSA) is 76.6 Å². The average Bonchev–Trinajstić information content (AvgIpc) is 2.76. The molecule has 1 aliphatic heterocycles. The predicted molar refractivity (Wildman–Crippen MR) is 82.8 cm³/mol. The lowest BCUT2D eigenvalue weighted by atomic mass is 10.2. The first-order valence-electron chi connectivity index (χ1n) is 6.93. The lowest BCUT2D eigenvalue weighted by molar-refractivity contribution is -0.146. The van der Waals surface area contributed by atoms with Crippen LogP contribution in [0.1, 0.15) is 25.3 Å². The molecule has 0 unspecified atom stereocenters. The number of esters is 1. The van der Waals surface area contributed by atoms with Gasteiger partial charge in [0.15, 0.2) is 0 Å². The smallest absolute Gasteiger partial charge is 0.326 e. The van der Waals surface area contributed by atoms with Crippen molar-refractivity contribution in [1.29, 1.82) is 0 Å². The molecule has 2 rings (SSSR count). The monoisotopic (exact) mass is 320 g/mol. The van der Waals surface area contributed by atoms with Crippen molar-refractivity contribution in [2.45, 2.75) is 19.8 Å². The number of carbonyl (C=O) groups excluding carboxylic acids is 3. The average molecular weight is 320 g/mol. The summed E-state index contributed by atoms with van der Waals surface area (Å²) in [7, 11) is 0. The lowest BCUT2D eigenvalue weighted by Crippen LogP contribution is -2.34. The van der Waals surface area contributed by atoms with E-state index in [-0.39, 0.29) is 11.4 Å². The van der Waals surface area contributed by atoms with Gasteiger partial charge in [-0.15, -0.1) is 0 Å². The Hall–Kier alpha value is -2.15. The van der Waals surface area contributed by atoms with Crippen molar-refractivity contribution in [3.63, 3.8) is 0 Å². The molecule has 116 valence electrons. The normalized spacial score (nSPS) is 16.4. The molecule has 0 spiro atoms. The van der Waals surface area contributed by atoms with E-state index in [4.69, 9.17) is 4.74 Å². The van der Waals surface area contributed by atoms with Crippen LogP contribution >= 0.6 is 11.8 Å². The summed E-state index contributed by atoms with van der Waals surface area (Å²) in [6.07, 6.45) is 6.46. The number of unbranched alkanes of at least 4 members (excludes halogenated alkanes) is 1. The second-order valence-corrected chi connectivity index (χ2v) is 5.62. The first kappa shape index (κ1) is 16.2. The molecule has 0 radical (unpaired) electrons. The van der Waals surface area contributed by atoms with Gasteiger partial charge in [0.1, 0.15) is 6.54 Å². The summed E-state index contributed by atoms with van der Waals surface area (Å²) in [5.74, 6) is -1.05. The number of nitrogens with zero attached hydrogens (tertiary/aromatic N) is 2. The summed E-state index contributed by atoms with van der Waals surface area (Å²) in [5.41, 5.74) is 0.721. The van der Waals surface area contributed by atoms with Gasteiger partial charge in [-0.05, 0) is 35.9 Å². The maximum atomic E-state index is 12.2. The van der Waals surface area contributed by atoms with Crippen LogP contribution < -0.4 is 0 Å². The number of aromatic nitrogens is 1. The second kappa shape index (κ2) is 7.74. The first-order chi connectivity index (χ1) is 10.6. The van der Waals surface area contributed by atoms with Crippen LogP contribution in [0, 0.1) is 0 Å². The van der Waals surface area contributed by atoms with E-state index >= 15 is 0 Å². The molecule has 1 aromatic heterocycles. The van der Waals surface area contributed by atoms with Crippen LogP contribution in [-0.4, -0.2) is 40.2 Å². The zero-order valence-electron chi connectivity index (χ0n) is 12.2. The number of thioether (sulfide) groups is 1. The fraction of sp³-hybridized carbons (Fsp3) is 0.333. The summed E-state index contributed by atoms with van der Waals surface area (Å²) in [6, 6.07) is 3.52. The van der Waals surface area contributed by atoms with Gasteiger partial charge in [0.25, 0.3) is 11.1 Å². The summed E-state index contributed by atoms with van der Waals surface area (Å²) in [6.45, 7) is 1.93. The van der Waals surface area contributed by atoms with E-state index in [0.717, 1.165) is 35.1 Å². The molecular formula is C15H16N2O4S. The molecule has 1 fully saturated rings. The molecule has 6 nitrogen and oxygen atoms in total. The van der Waals surface area contributed by atoms with E-state index in [1.54, 1.807) is 30.6 Å². The van der Waals surface area contributed by atoms with Gasteiger partial charge in [0.2, 0.25) is 0 Å². The highest BCUT2D eigenvalue weighted by Crippen LogP contribution is 2.31. The maximum absolute atomic E-state index is 12.2. The van der Waals surface area contributed by atoms with E-state index in [2.05, 4.69) is 4.98 Å². The Morgan fingerprint density at radius 1 is 1.45 bits per heavy atom. The molecule has 1 aliphatic rings. The van der Waals surface area contributed by atoms with Gasteiger partial charge < -0.3 is 4.74 Å². The Morgan fingerprint density at radius 3 is 2.95 bits per heavy atom. The molecule has 0 saturated carbocycles. The number of pyridine rings is 1. The van der Waals surface area contributed by atoms with Gasteiger partial charge in [-0.2, -0.15) is 0 Å². The molecule has 0 bridgehead atoms. The number of hydrogen-bond acceptors (Lipinski definition) is 6. The van der Waals surface area contributed by atoms with E-state index in [0.29, 0.717) is 6.61 Å². The predicted octanol–water partition coefficient (Wildman–Crippen LogP) is 2.46. The van der Waals surface area contributed by atoms with Gasteiger partial charge >= 0.3 is 5.97 Å². The van der Waals surface area contributed by atoms with Crippen molar-refractivity contribution in [1.82, 2.24) is 9.88 Å².